The molecule has 0 fully saturated rings. The maximum atomic E-state index is 12.4. The molecule has 4 heteroatoms. The molecule has 1 atom stereocenters. The first-order chi connectivity index (χ1) is 18.6. The van der Waals surface area contributed by atoms with Crippen molar-refractivity contribution in [1.29, 1.82) is 0 Å². The first kappa shape index (κ1) is 35.6. The predicted octanol–water partition coefficient (Wildman–Crippen LogP) is 10.2. The Balaban J connectivity index is 3.94. The summed E-state index contributed by atoms with van der Waals surface area (Å²) in [6.45, 7) is 4.34. The van der Waals surface area contributed by atoms with Crippen LogP contribution in [0.4, 0.5) is 0 Å². The van der Waals surface area contributed by atoms with E-state index in [1.807, 2.05) is 0 Å². The molecule has 1 unspecified atom stereocenters. The summed E-state index contributed by atoms with van der Waals surface area (Å²) in [5.41, 5.74) is 0. The van der Waals surface area contributed by atoms with Gasteiger partial charge in [-0.3, -0.25) is 9.59 Å². The third-order valence-electron chi connectivity index (χ3n) is 6.25. The molecule has 1 N–H and O–H groups in total. The molecule has 0 saturated heterocycles. The van der Waals surface area contributed by atoms with Crippen LogP contribution >= 0.6 is 0 Å². The van der Waals surface area contributed by atoms with E-state index < -0.39 is 5.97 Å². The fourth-order valence-corrected chi connectivity index (χ4v) is 4.04. The van der Waals surface area contributed by atoms with Crippen LogP contribution in [0.3, 0.4) is 0 Å². The van der Waals surface area contributed by atoms with E-state index in [1.165, 1.54) is 6.42 Å². The smallest absolute Gasteiger partial charge is 0.306 e. The molecular weight excluding hydrogens is 472 g/mol. The van der Waals surface area contributed by atoms with Gasteiger partial charge in [-0.25, -0.2) is 0 Å². The van der Waals surface area contributed by atoms with E-state index in [9.17, 15) is 9.59 Å². The van der Waals surface area contributed by atoms with Crippen LogP contribution in [-0.4, -0.2) is 23.1 Å². The topological polar surface area (TPSA) is 63.6 Å². The SMILES string of the molecule is CC/C=C\C/C=C\C/C=C\C/C=C\C/C=C\CCCC(=O)OC(CCCCC)CCCCCCCC(=O)O. The minimum Gasteiger partial charge on any atom is -0.481 e. The summed E-state index contributed by atoms with van der Waals surface area (Å²) in [5.74, 6) is -0.783. The van der Waals surface area contributed by atoms with Crippen molar-refractivity contribution in [1.82, 2.24) is 0 Å². The number of hydrogen-bond acceptors (Lipinski definition) is 3. The van der Waals surface area contributed by atoms with Crippen LogP contribution in [0.1, 0.15) is 136 Å². The molecule has 0 aromatic heterocycles. The van der Waals surface area contributed by atoms with Crippen molar-refractivity contribution in [2.75, 3.05) is 0 Å². The number of rotatable bonds is 26. The molecular formula is C34H56O4. The summed E-state index contributed by atoms with van der Waals surface area (Å²) < 4.78 is 5.82. The molecule has 216 valence electrons. The number of carbonyl (C=O) groups excluding carboxylic acids is 1. The summed E-state index contributed by atoms with van der Waals surface area (Å²) in [5, 5.41) is 8.71. The first-order valence-corrected chi connectivity index (χ1v) is 15.3. The van der Waals surface area contributed by atoms with E-state index in [0.29, 0.717) is 6.42 Å². The summed E-state index contributed by atoms with van der Waals surface area (Å²) in [6, 6.07) is 0. The highest BCUT2D eigenvalue weighted by atomic mass is 16.5. The quantitative estimate of drug-likeness (QED) is 0.0689. The third kappa shape index (κ3) is 28.2. The second kappa shape index (κ2) is 29.2. The van der Waals surface area contributed by atoms with Gasteiger partial charge in [-0.1, -0.05) is 107 Å². The van der Waals surface area contributed by atoms with Crippen molar-refractivity contribution in [2.45, 2.75) is 142 Å². The van der Waals surface area contributed by atoms with Gasteiger partial charge in [0, 0.05) is 12.8 Å². The highest BCUT2D eigenvalue weighted by Gasteiger charge is 2.14. The van der Waals surface area contributed by atoms with Gasteiger partial charge in [0.2, 0.25) is 0 Å². The van der Waals surface area contributed by atoms with E-state index in [4.69, 9.17) is 9.84 Å². The highest BCUT2D eigenvalue weighted by molar-refractivity contribution is 5.69. The standard InChI is InChI=1S/C34H56O4/c1-3-5-7-8-9-10-11-12-13-14-15-16-17-18-19-23-27-31-34(37)38-32(28-24-6-4-2)29-25-21-20-22-26-30-33(35)36/h5,7,9-10,12-13,15-16,18-19,32H,3-4,6,8,11,14,17,20-31H2,1-2H3,(H,35,36)/b7-5-,10-9-,13-12-,16-15-,19-18-. The molecule has 0 aromatic carbocycles. The van der Waals surface area contributed by atoms with Crippen molar-refractivity contribution >= 4 is 11.9 Å². The van der Waals surface area contributed by atoms with Crippen LogP contribution in [-0.2, 0) is 14.3 Å². The van der Waals surface area contributed by atoms with E-state index >= 15 is 0 Å². The molecule has 0 aliphatic carbocycles. The lowest BCUT2D eigenvalue weighted by molar-refractivity contribution is -0.150. The normalized spacial score (nSPS) is 13.1. The van der Waals surface area contributed by atoms with Gasteiger partial charge in [-0.15, -0.1) is 0 Å². The average molecular weight is 529 g/mol. The van der Waals surface area contributed by atoms with Crippen molar-refractivity contribution in [3.8, 4) is 0 Å². The summed E-state index contributed by atoms with van der Waals surface area (Å²) in [4.78, 5) is 22.9. The van der Waals surface area contributed by atoms with Gasteiger partial charge in [-0.05, 0) is 77.0 Å². The Kier molecular flexibility index (Phi) is 27.4. The Morgan fingerprint density at radius 3 is 1.66 bits per heavy atom. The summed E-state index contributed by atoms with van der Waals surface area (Å²) in [7, 11) is 0. The van der Waals surface area contributed by atoms with Gasteiger partial charge in [0.05, 0.1) is 0 Å². The van der Waals surface area contributed by atoms with Crippen molar-refractivity contribution < 1.29 is 19.4 Å². The van der Waals surface area contributed by atoms with Gasteiger partial charge in [0.25, 0.3) is 0 Å². The Hall–Kier alpha value is -2.36. The van der Waals surface area contributed by atoms with Crippen LogP contribution in [0, 0.1) is 0 Å². The zero-order valence-electron chi connectivity index (χ0n) is 24.5. The number of carboxylic acid groups (broad SMARTS) is 1. The molecule has 0 aromatic rings. The van der Waals surface area contributed by atoms with Crippen LogP contribution in [0.5, 0.6) is 0 Å². The molecule has 4 nitrogen and oxygen atoms in total. The number of ether oxygens (including phenoxy) is 1. The fourth-order valence-electron chi connectivity index (χ4n) is 4.04. The number of carboxylic acids is 1. The highest BCUT2D eigenvalue weighted by Crippen LogP contribution is 2.17. The molecule has 0 rings (SSSR count). The second-order valence-electron chi connectivity index (χ2n) is 9.91. The predicted molar refractivity (Wildman–Crippen MR) is 162 cm³/mol. The maximum Gasteiger partial charge on any atom is 0.306 e. The number of allylic oxidation sites excluding steroid dienone is 10. The molecule has 0 aliphatic rings. The third-order valence-corrected chi connectivity index (χ3v) is 6.25. The van der Waals surface area contributed by atoms with E-state index in [0.717, 1.165) is 103 Å². The molecule has 0 aliphatic heterocycles. The fraction of sp³-hybridized carbons (Fsp3) is 0.647. The van der Waals surface area contributed by atoms with Crippen molar-refractivity contribution in [3.63, 3.8) is 0 Å². The Morgan fingerprint density at radius 2 is 1.11 bits per heavy atom. The van der Waals surface area contributed by atoms with Crippen molar-refractivity contribution in [2.24, 2.45) is 0 Å². The molecule has 0 bridgehead atoms. The number of esters is 1. The molecule has 0 heterocycles. The molecule has 0 radical (unpaired) electrons. The van der Waals surface area contributed by atoms with Crippen molar-refractivity contribution in [3.05, 3.63) is 60.8 Å². The molecule has 0 saturated carbocycles. The minimum absolute atomic E-state index is 0.0294. The lowest BCUT2D eigenvalue weighted by Gasteiger charge is -2.18. The largest absolute Gasteiger partial charge is 0.481 e. The Morgan fingerprint density at radius 1 is 0.605 bits per heavy atom. The summed E-state index contributed by atoms with van der Waals surface area (Å²) >= 11 is 0. The second-order valence-corrected chi connectivity index (χ2v) is 9.91. The molecule has 38 heavy (non-hydrogen) atoms. The van der Waals surface area contributed by atoms with Gasteiger partial charge < -0.3 is 9.84 Å². The molecule has 0 spiro atoms. The monoisotopic (exact) mass is 528 g/mol. The summed E-state index contributed by atoms with van der Waals surface area (Å²) in [6.07, 6.45) is 39.6. The zero-order chi connectivity index (χ0) is 27.9. The number of carbonyl (C=O) groups is 2. The Bertz CT molecular complexity index is 699. The van der Waals surface area contributed by atoms with E-state index in [1.54, 1.807) is 0 Å². The lowest BCUT2D eigenvalue weighted by atomic mass is 10.0. The van der Waals surface area contributed by atoms with Crippen LogP contribution in [0.25, 0.3) is 0 Å². The number of unbranched alkanes of at least 4 members (excludes halogenated alkanes) is 7. The number of hydrogen-bond donors (Lipinski definition) is 1. The van der Waals surface area contributed by atoms with Gasteiger partial charge in [-0.2, -0.15) is 0 Å². The zero-order valence-corrected chi connectivity index (χ0v) is 24.5. The minimum atomic E-state index is -0.714. The van der Waals surface area contributed by atoms with E-state index in [-0.39, 0.29) is 18.5 Å². The van der Waals surface area contributed by atoms with Crippen LogP contribution < -0.4 is 0 Å². The first-order valence-electron chi connectivity index (χ1n) is 15.3. The van der Waals surface area contributed by atoms with Gasteiger partial charge in [0.15, 0.2) is 0 Å². The lowest BCUT2D eigenvalue weighted by Crippen LogP contribution is -2.18. The van der Waals surface area contributed by atoms with Gasteiger partial charge >= 0.3 is 11.9 Å². The Labute approximate surface area is 234 Å². The van der Waals surface area contributed by atoms with Gasteiger partial charge in [0.1, 0.15) is 6.10 Å². The maximum absolute atomic E-state index is 12.4. The number of aliphatic carboxylic acids is 1. The van der Waals surface area contributed by atoms with Crippen LogP contribution in [0.2, 0.25) is 0 Å². The van der Waals surface area contributed by atoms with E-state index in [2.05, 4.69) is 74.6 Å². The molecule has 0 amide bonds. The van der Waals surface area contributed by atoms with Crippen LogP contribution in [0.15, 0.2) is 60.8 Å². The average Bonchev–Trinajstić information content (AvgIpc) is 2.89.